The maximum Gasteiger partial charge on any atom is 0.308 e. The van der Waals surface area contributed by atoms with Crippen LogP contribution >= 0.6 is 0 Å². The van der Waals surface area contributed by atoms with Crippen LogP contribution in [0.25, 0.3) is 0 Å². The maximum atomic E-state index is 11.6. The molecule has 0 amide bonds. The van der Waals surface area contributed by atoms with Crippen LogP contribution in [0.3, 0.4) is 0 Å². The molecule has 96 valence electrons. The van der Waals surface area contributed by atoms with Gasteiger partial charge < -0.3 is 10.5 Å². The minimum Gasteiger partial charge on any atom is -0.462 e. The monoisotopic (exact) mass is 229 g/mol. The van der Waals surface area contributed by atoms with Gasteiger partial charge in [-0.3, -0.25) is 4.79 Å². The van der Waals surface area contributed by atoms with Crippen molar-refractivity contribution in [1.29, 1.82) is 0 Å². The van der Waals surface area contributed by atoms with E-state index in [2.05, 4.69) is 6.92 Å². The molecule has 2 unspecified atom stereocenters. The van der Waals surface area contributed by atoms with Crippen molar-refractivity contribution in [3.63, 3.8) is 0 Å². The lowest BCUT2D eigenvalue weighted by Crippen LogP contribution is -2.22. The molecule has 0 aliphatic carbocycles. The lowest BCUT2D eigenvalue weighted by atomic mass is 10.1. The second-order valence-corrected chi connectivity index (χ2v) is 4.58. The van der Waals surface area contributed by atoms with Gasteiger partial charge in [-0.25, -0.2) is 0 Å². The van der Waals surface area contributed by atoms with Crippen molar-refractivity contribution < 1.29 is 9.53 Å². The van der Waals surface area contributed by atoms with Gasteiger partial charge in [0.1, 0.15) is 0 Å². The second-order valence-electron chi connectivity index (χ2n) is 4.58. The molecule has 0 heterocycles. The molecule has 3 heteroatoms. The molecule has 0 radical (unpaired) electrons. The van der Waals surface area contributed by atoms with Gasteiger partial charge in [-0.15, -0.1) is 0 Å². The van der Waals surface area contributed by atoms with E-state index >= 15 is 0 Å². The SMILES string of the molecule is CCCCCCC(C)OC(=O)C(C)CCN. The molecule has 16 heavy (non-hydrogen) atoms. The summed E-state index contributed by atoms with van der Waals surface area (Å²) in [6.45, 7) is 6.58. The highest BCUT2D eigenvalue weighted by Gasteiger charge is 2.16. The van der Waals surface area contributed by atoms with Gasteiger partial charge in [-0.2, -0.15) is 0 Å². The average molecular weight is 229 g/mol. The Morgan fingerprint density at radius 3 is 2.44 bits per heavy atom. The number of nitrogens with two attached hydrogens (primary N) is 1. The zero-order valence-electron chi connectivity index (χ0n) is 11.0. The highest BCUT2D eigenvalue weighted by atomic mass is 16.5. The minimum absolute atomic E-state index is 0.0459. The third-order valence-corrected chi connectivity index (χ3v) is 2.78. The molecule has 0 fully saturated rings. The minimum atomic E-state index is -0.103. The summed E-state index contributed by atoms with van der Waals surface area (Å²) >= 11 is 0. The molecular weight excluding hydrogens is 202 g/mol. The fraction of sp³-hybridized carbons (Fsp3) is 0.923. The van der Waals surface area contributed by atoms with Crippen LogP contribution in [0, 0.1) is 5.92 Å². The fourth-order valence-electron chi connectivity index (χ4n) is 1.60. The summed E-state index contributed by atoms with van der Waals surface area (Å²) in [5, 5.41) is 0. The number of carbonyl (C=O) groups excluding carboxylic acids is 1. The van der Waals surface area contributed by atoms with Crippen molar-refractivity contribution in [3.05, 3.63) is 0 Å². The summed E-state index contributed by atoms with van der Waals surface area (Å²) in [7, 11) is 0. The zero-order chi connectivity index (χ0) is 12.4. The summed E-state index contributed by atoms with van der Waals surface area (Å²) in [4.78, 5) is 11.6. The van der Waals surface area contributed by atoms with E-state index in [1.54, 1.807) is 0 Å². The van der Waals surface area contributed by atoms with Crippen molar-refractivity contribution in [3.8, 4) is 0 Å². The van der Waals surface area contributed by atoms with E-state index in [1.165, 1.54) is 19.3 Å². The molecule has 0 rings (SSSR count). The van der Waals surface area contributed by atoms with Crippen LogP contribution in [0.4, 0.5) is 0 Å². The zero-order valence-corrected chi connectivity index (χ0v) is 11.0. The molecule has 0 bridgehead atoms. The molecule has 2 N–H and O–H groups in total. The van der Waals surface area contributed by atoms with Gasteiger partial charge in [-0.05, 0) is 32.7 Å². The van der Waals surface area contributed by atoms with Crippen LogP contribution < -0.4 is 5.73 Å². The molecule has 0 saturated carbocycles. The summed E-state index contributed by atoms with van der Waals surface area (Å²) in [6.07, 6.45) is 6.61. The van der Waals surface area contributed by atoms with E-state index in [0.717, 1.165) is 12.8 Å². The van der Waals surface area contributed by atoms with Gasteiger partial charge in [0, 0.05) is 0 Å². The Bertz CT molecular complexity index is 183. The molecule has 0 spiro atoms. The largest absolute Gasteiger partial charge is 0.462 e. The molecular formula is C13H27NO2. The Hall–Kier alpha value is -0.570. The Balaban J connectivity index is 3.61. The number of esters is 1. The predicted molar refractivity (Wildman–Crippen MR) is 67.1 cm³/mol. The highest BCUT2D eigenvalue weighted by molar-refractivity contribution is 5.72. The van der Waals surface area contributed by atoms with E-state index in [0.29, 0.717) is 13.0 Å². The molecule has 0 aliphatic heterocycles. The fourth-order valence-corrected chi connectivity index (χ4v) is 1.60. The quantitative estimate of drug-likeness (QED) is 0.488. The van der Waals surface area contributed by atoms with Crippen LogP contribution in [-0.2, 0) is 9.53 Å². The van der Waals surface area contributed by atoms with E-state index in [-0.39, 0.29) is 18.0 Å². The van der Waals surface area contributed by atoms with Gasteiger partial charge >= 0.3 is 5.97 Å². The first kappa shape index (κ1) is 15.4. The van der Waals surface area contributed by atoms with Crippen molar-refractivity contribution in [2.75, 3.05) is 6.54 Å². The number of unbranched alkanes of at least 4 members (excludes halogenated alkanes) is 3. The Labute approximate surface area is 99.7 Å². The molecule has 0 aromatic rings. The van der Waals surface area contributed by atoms with Gasteiger partial charge in [0.2, 0.25) is 0 Å². The van der Waals surface area contributed by atoms with Gasteiger partial charge in [0.05, 0.1) is 12.0 Å². The molecule has 0 saturated heterocycles. The standard InChI is InChI=1S/C13H27NO2/c1-4-5-6-7-8-12(3)16-13(15)11(2)9-10-14/h11-12H,4-10,14H2,1-3H3. The number of hydrogen-bond acceptors (Lipinski definition) is 3. The molecule has 3 nitrogen and oxygen atoms in total. The van der Waals surface area contributed by atoms with E-state index in [4.69, 9.17) is 10.5 Å². The normalized spacial score (nSPS) is 14.5. The van der Waals surface area contributed by atoms with Crippen molar-refractivity contribution in [2.24, 2.45) is 11.7 Å². The van der Waals surface area contributed by atoms with Crippen LogP contribution in [0.2, 0.25) is 0 Å². The summed E-state index contributed by atoms with van der Waals surface area (Å²) < 4.78 is 5.35. The molecule has 2 atom stereocenters. The Kier molecular flexibility index (Phi) is 9.30. The number of rotatable bonds is 9. The van der Waals surface area contributed by atoms with E-state index < -0.39 is 0 Å². The van der Waals surface area contributed by atoms with Gasteiger partial charge in [-0.1, -0.05) is 33.1 Å². The van der Waals surface area contributed by atoms with Crippen LogP contribution in [0.1, 0.15) is 59.3 Å². The lowest BCUT2D eigenvalue weighted by Gasteiger charge is -2.16. The van der Waals surface area contributed by atoms with E-state index in [9.17, 15) is 4.79 Å². The number of ether oxygens (including phenoxy) is 1. The smallest absolute Gasteiger partial charge is 0.308 e. The molecule has 0 aromatic heterocycles. The van der Waals surface area contributed by atoms with Crippen molar-refractivity contribution in [2.45, 2.75) is 65.4 Å². The third-order valence-electron chi connectivity index (χ3n) is 2.78. The van der Waals surface area contributed by atoms with Crippen LogP contribution in [0.5, 0.6) is 0 Å². The van der Waals surface area contributed by atoms with Crippen molar-refractivity contribution >= 4 is 5.97 Å². The maximum absolute atomic E-state index is 11.6. The molecule has 0 aliphatic rings. The summed E-state index contributed by atoms with van der Waals surface area (Å²) in [5.41, 5.74) is 5.40. The first-order chi connectivity index (χ1) is 7.61. The Morgan fingerprint density at radius 2 is 1.88 bits per heavy atom. The predicted octanol–water partition coefficient (Wildman–Crippen LogP) is 2.87. The Morgan fingerprint density at radius 1 is 1.19 bits per heavy atom. The number of carbonyl (C=O) groups is 1. The lowest BCUT2D eigenvalue weighted by molar-refractivity contribution is -0.153. The van der Waals surface area contributed by atoms with Crippen molar-refractivity contribution in [1.82, 2.24) is 0 Å². The number of hydrogen-bond donors (Lipinski definition) is 1. The van der Waals surface area contributed by atoms with Gasteiger partial charge in [0.15, 0.2) is 0 Å². The topological polar surface area (TPSA) is 52.3 Å². The van der Waals surface area contributed by atoms with Crippen LogP contribution in [0.15, 0.2) is 0 Å². The first-order valence-corrected chi connectivity index (χ1v) is 6.52. The van der Waals surface area contributed by atoms with Gasteiger partial charge in [0.25, 0.3) is 0 Å². The summed E-state index contributed by atoms with van der Waals surface area (Å²) in [6, 6.07) is 0. The summed E-state index contributed by atoms with van der Waals surface area (Å²) in [5.74, 6) is -0.170. The molecule has 0 aromatic carbocycles. The second kappa shape index (κ2) is 9.64. The first-order valence-electron chi connectivity index (χ1n) is 6.52. The van der Waals surface area contributed by atoms with Crippen LogP contribution in [-0.4, -0.2) is 18.6 Å². The highest BCUT2D eigenvalue weighted by Crippen LogP contribution is 2.11. The van der Waals surface area contributed by atoms with E-state index in [1.807, 2.05) is 13.8 Å². The average Bonchev–Trinajstić information content (AvgIpc) is 2.24. The third kappa shape index (κ3) is 7.69.